The summed E-state index contributed by atoms with van der Waals surface area (Å²) in [4.78, 5) is 11.4. The Hall–Kier alpha value is -2.22. The van der Waals surface area contributed by atoms with E-state index in [2.05, 4.69) is 4.72 Å². The third-order valence-electron chi connectivity index (χ3n) is 4.12. The minimum Gasteiger partial charge on any atom is -0.493 e. The fourth-order valence-electron chi connectivity index (χ4n) is 2.69. The maximum Gasteiger partial charge on any atom is 0.240 e. The molecule has 1 aliphatic heterocycles. The fourth-order valence-corrected chi connectivity index (χ4v) is 3.77. The summed E-state index contributed by atoms with van der Waals surface area (Å²) in [6, 6.07) is 11.1. The summed E-state index contributed by atoms with van der Waals surface area (Å²) in [6.45, 7) is 1.83. The molecule has 1 atom stereocenters. The maximum atomic E-state index is 12.4. The van der Waals surface area contributed by atoms with Crippen LogP contribution in [0.3, 0.4) is 0 Å². The van der Waals surface area contributed by atoms with E-state index >= 15 is 0 Å². The van der Waals surface area contributed by atoms with Crippen molar-refractivity contribution in [3.8, 4) is 5.75 Å². The average Bonchev–Trinajstić information content (AvgIpc) is 3.07. The molecule has 6 nitrogen and oxygen atoms in total. The highest BCUT2D eigenvalue weighted by molar-refractivity contribution is 7.89. The van der Waals surface area contributed by atoms with Gasteiger partial charge in [0.2, 0.25) is 10.0 Å². The highest BCUT2D eigenvalue weighted by atomic mass is 32.2. The van der Waals surface area contributed by atoms with E-state index in [0.717, 1.165) is 17.7 Å². The van der Waals surface area contributed by atoms with Crippen molar-refractivity contribution in [2.24, 2.45) is 0 Å². The summed E-state index contributed by atoms with van der Waals surface area (Å²) < 4.78 is 32.6. The summed E-state index contributed by atoms with van der Waals surface area (Å²) in [6.07, 6.45) is -0.198. The number of ketones is 1. The van der Waals surface area contributed by atoms with Gasteiger partial charge in [0.05, 0.1) is 17.6 Å². The number of carbonyl (C=O) groups is 1. The Bertz CT molecular complexity index is 907. The first-order valence-corrected chi connectivity index (χ1v) is 9.39. The average molecular weight is 361 g/mol. The zero-order valence-electron chi connectivity index (χ0n) is 13.7. The summed E-state index contributed by atoms with van der Waals surface area (Å²) >= 11 is 0. The van der Waals surface area contributed by atoms with Crippen molar-refractivity contribution in [1.82, 2.24) is 4.72 Å². The van der Waals surface area contributed by atoms with Gasteiger partial charge in [-0.05, 0) is 42.3 Å². The Balaban J connectivity index is 1.71. The van der Waals surface area contributed by atoms with Crippen molar-refractivity contribution in [3.05, 3.63) is 59.2 Å². The van der Waals surface area contributed by atoms with E-state index in [1.54, 1.807) is 18.2 Å². The van der Waals surface area contributed by atoms with Crippen LogP contribution in [-0.2, 0) is 16.4 Å². The second kappa shape index (κ2) is 6.95. The van der Waals surface area contributed by atoms with Crippen LogP contribution in [0.1, 0.15) is 34.5 Å². The van der Waals surface area contributed by atoms with Gasteiger partial charge in [0.15, 0.2) is 5.78 Å². The van der Waals surface area contributed by atoms with E-state index in [-0.39, 0.29) is 17.2 Å². The molecule has 0 radical (unpaired) electrons. The van der Waals surface area contributed by atoms with E-state index < -0.39 is 16.1 Å². The number of carbonyl (C=O) groups excluding carboxylic acids is 1. The van der Waals surface area contributed by atoms with Crippen molar-refractivity contribution < 1.29 is 23.1 Å². The van der Waals surface area contributed by atoms with Gasteiger partial charge in [0, 0.05) is 18.5 Å². The number of nitrogens with one attached hydrogen (secondary N) is 1. The van der Waals surface area contributed by atoms with Crippen LogP contribution in [0.25, 0.3) is 0 Å². The lowest BCUT2D eigenvalue weighted by Gasteiger charge is -2.14. The van der Waals surface area contributed by atoms with E-state index in [0.29, 0.717) is 17.7 Å². The predicted molar refractivity (Wildman–Crippen MR) is 92.2 cm³/mol. The zero-order valence-corrected chi connectivity index (χ0v) is 14.5. The lowest BCUT2D eigenvalue weighted by molar-refractivity contribution is 0.101. The molecule has 0 aromatic heterocycles. The molecule has 0 spiro atoms. The number of benzene rings is 2. The molecule has 0 fully saturated rings. The minimum atomic E-state index is -3.82. The molecule has 2 N–H and O–H groups in total. The highest BCUT2D eigenvalue weighted by Gasteiger charge is 2.19. The molecule has 3 rings (SSSR count). The smallest absolute Gasteiger partial charge is 0.240 e. The van der Waals surface area contributed by atoms with Crippen LogP contribution in [0.2, 0.25) is 0 Å². The summed E-state index contributed by atoms with van der Waals surface area (Å²) in [5, 5.41) is 10.3. The molecule has 7 heteroatoms. The second-order valence-corrected chi connectivity index (χ2v) is 7.68. The molecule has 1 heterocycles. The van der Waals surface area contributed by atoms with Gasteiger partial charge in [0.1, 0.15) is 5.75 Å². The van der Waals surface area contributed by atoms with E-state index in [1.165, 1.54) is 25.1 Å². The number of hydrogen-bond donors (Lipinski definition) is 2. The Labute approximate surface area is 146 Å². The SMILES string of the molecule is CC(=O)c1cccc(S(=O)(=O)NCC(O)c2ccc3c(c2)CCO3)c1. The molecule has 25 heavy (non-hydrogen) atoms. The monoisotopic (exact) mass is 361 g/mol. The summed E-state index contributed by atoms with van der Waals surface area (Å²) in [7, 11) is -3.82. The Morgan fingerprint density at radius 3 is 2.84 bits per heavy atom. The van der Waals surface area contributed by atoms with Gasteiger partial charge in [-0.2, -0.15) is 0 Å². The molecule has 2 aromatic rings. The molecule has 0 amide bonds. The molecule has 1 unspecified atom stereocenters. The van der Waals surface area contributed by atoms with Crippen molar-refractivity contribution in [2.75, 3.05) is 13.2 Å². The molecule has 132 valence electrons. The number of Topliss-reactive ketones (excluding diaryl/α,β-unsaturated/α-hetero) is 1. The van der Waals surface area contributed by atoms with Crippen LogP contribution in [0, 0.1) is 0 Å². The molecule has 0 aliphatic carbocycles. The van der Waals surface area contributed by atoms with Gasteiger partial charge in [-0.1, -0.05) is 18.2 Å². The number of rotatable bonds is 6. The lowest BCUT2D eigenvalue weighted by Crippen LogP contribution is -2.28. The second-order valence-electron chi connectivity index (χ2n) is 5.92. The molecule has 0 saturated heterocycles. The molecular formula is C18H19NO5S. The van der Waals surface area contributed by atoms with Crippen molar-refractivity contribution >= 4 is 15.8 Å². The van der Waals surface area contributed by atoms with Crippen LogP contribution in [-0.4, -0.2) is 32.5 Å². The Morgan fingerprint density at radius 1 is 1.28 bits per heavy atom. The normalized spacial score (nSPS) is 14.6. The first-order valence-electron chi connectivity index (χ1n) is 7.91. The predicted octanol–water partition coefficient (Wildman–Crippen LogP) is 1.84. The summed E-state index contributed by atoms with van der Waals surface area (Å²) in [5.74, 6) is 0.593. The number of aliphatic hydroxyl groups excluding tert-OH is 1. The molecular weight excluding hydrogens is 342 g/mol. The van der Waals surface area contributed by atoms with E-state index in [4.69, 9.17) is 4.74 Å². The number of aliphatic hydroxyl groups is 1. The van der Waals surface area contributed by atoms with Crippen molar-refractivity contribution in [3.63, 3.8) is 0 Å². The summed E-state index contributed by atoms with van der Waals surface area (Å²) in [5.41, 5.74) is 1.96. The van der Waals surface area contributed by atoms with Gasteiger partial charge < -0.3 is 9.84 Å². The van der Waals surface area contributed by atoms with Crippen molar-refractivity contribution in [2.45, 2.75) is 24.3 Å². The van der Waals surface area contributed by atoms with E-state index in [9.17, 15) is 18.3 Å². The van der Waals surface area contributed by atoms with Crippen molar-refractivity contribution in [1.29, 1.82) is 0 Å². The van der Waals surface area contributed by atoms with Crippen LogP contribution < -0.4 is 9.46 Å². The van der Waals surface area contributed by atoms with Crippen LogP contribution in [0.4, 0.5) is 0 Å². The number of hydrogen-bond acceptors (Lipinski definition) is 5. The standard InChI is InChI=1S/C18H19NO5S/c1-12(20)13-3-2-4-16(10-13)25(22,23)19-11-17(21)14-5-6-18-15(9-14)7-8-24-18/h2-6,9-10,17,19,21H,7-8,11H2,1H3. The quantitative estimate of drug-likeness (QED) is 0.766. The molecule has 0 bridgehead atoms. The number of fused-ring (bicyclic) bond motifs is 1. The topological polar surface area (TPSA) is 92.7 Å². The largest absolute Gasteiger partial charge is 0.493 e. The van der Waals surface area contributed by atoms with Gasteiger partial charge in [0.25, 0.3) is 0 Å². The molecule has 2 aromatic carbocycles. The number of sulfonamides is 1. The maximum absolute atomic E-state index is 12.4. The van der Waals surface area contributed by atoms with Gasteiger partial charge in [-0.3, -0.25) is 4.79 Å². The van der Waals surface area contributed by atoms with Crippen LogP contribution >= 0.6 is 0 Å². The van der Waals surface area contributed by atoms with Gasteiger partial charge >= 0.3 is 0 Å². The number of ether oxygens (including phenoxy) is 1. The zero-order chi connectivity index (χ0) is 18.0. The first-order chi connectivity index (χ1) is 11.9. The van der Waals surface area contributed by atoms with Gasteiger partial charge in [-0.25, -0.2) is 13.1 Å². The minimum absolute atomic E-state index is 0.00486. The van der Waals surface area contributed by atoms with E-state index in [1.807, 2.05) is 6.07 Å². The molecule has 0 saturated carbocycles. The van der Waals surface area contributed by atoms with Crippen LogP contribution in [0.5, 0.6) is 5.75 Å². The third-order valence-corrected chi connectivity index (χ3v) is 5.54. The molecule has 1 aliphatic rings. The van der Waals surface area contributed by atoms with Gasteiger partial charge in [-0.15, -0.1) is 0 Å². The Kier molecular flexibility index (Phi) is 4.89. The highest BCUT2D eigenvalue weighted by Crippen LogP contribution is 2.28. The lowest BCUT2D eigenvalue weighted by atomic mass is 10.0. The van der Waals surface area contributed by atoms with Crippen LogP contribution in [0.15, 0.2) is 47.4 Å². The third kappa shape index (κ3) is 3.89. The Morgan fingerprint density at radius 2 is 2.08 bits per heavy atom. The fraction of sp³-hybridized carbons (Fsp3) is 0.278. The first kappa shape index (κ1) is 17.6.